The van der Waals surface area contributed by atoms with E-state index in [1.54, 1.807) is 36.4 Å². The number of benzene rings is 3. The lowest BCUT2D eigenvalue weighted by Gasteiger charge is -2.24. The molecule has 0 aliphatic carbocycles. The lowest BCUT2D eigenvalue weighted by Crippen LogP contribution is -2.29. The van der Waals surface area contributed by atoms with Crippen LogP contribution in [0, 0.1) is 0 Å². The maximum Gasteiger partial charge on any atom is 0.249 e. The molecule has 0 radical (unpaired) electrons. The van der Waals surface area contributed by atoms with Crippen molar-refractivity contribution >= 4 is 28.9 Å². The number of phenols is 1. The number of phenolic OH excluding ortho intramolecular Hbond substituents is 1. The lowest BCUT2D eigenvalue weighted by atomic mass is 9.82. The van der Waals surface area contributed by atoms with Crippen LogP contribution >= 0.6 is 11.6 Å². The molecule has 4 nitrogen and oxygen atoms in total. The van der Waals surface area contributed by atoms with Crippen LogP contribution in [0.1, 0.15) is 43.0 Å². The number of aliphatic imine (C=N–C) groups is 1. The summed E-state index contributed by atoms with van der Waals surface area (Å²) in [5.74, 6) is 0.0233. The highest BCUT2D eigenvalue weighted by Gasteiger charge is 2.28. The van der Waals surface area contributed by atoms with Crippen LogP contribution in [0.2, 0.25) is 5.02 Å². The molecule has 2 N–H and O–H groups in total. The van der Waals surface area contributed by atoms with Crippen molar-refractivity contribution in [3.63, 3.8) is 0 Å². The van der Waals surface area contributed by atoms with E-state index >= 15 is 0 Å². The number of halogens is 1. The van der Waals surface area contributed by atoms with Gasteiger partial charge in [0.15, 0.2) is 0 Å². The predicted octanol–water partition coefficient (Wildman–Crippen LogP) is 5.74. The number of hydrogen-bond acceptors (Lipinski definition) is 3. The van der Waals surface area contributed by atoms with Gasteiger partial charge in [0.2, 0.25) is 5.91 Å². The Morgan fingerprint density at radius 2 is 1.74 bits per heavy atom. The zero-order valence-electron chi connectivity index (χ0n) is 17.8. The monoisotopic (exact) mass is 432 g/mol. The van der Waals surface area contributed by atoms with Gasteiger partial charge in [-0.05, 0) is 59.0 Å². The molecule has 1 aliphatic heterocycles. The summed E-state index contributed by atoms with van der Waals surface area (Å²) in [6, 6.07) is 19.8. The average Bonchev–Trinajstić information content (AvgIpc) is 2.85. The second kappa shape index (κ2) is 8.20. The van der Waals surface area contributed by atoms with Crippen LogP contribution in [0.5, 0.6) is 5.75 Å². The molecule has 158 valence electrons. The molecule has 3 aromatic carbocycles. The van der Waals surface area contributed by atoms with Crippen molar-refractivity contribution in [2.24, 2.45) is 4.99 Å². The lowest BCUT2D eigenvalue weighted by molar-refractivity contribution is -0.117. The standard InChI is InChI=1S/C26H25ClN2O2/c1-26(2,3)21-7-5-4-6-17(21)14-23-25(31)29-22-13-10-18(27)15-20(22)24(28-23)16-8-11-19(30)12-9-16/h4-13,15,23,30H,14H2,1-3H3,(H,29,31). The molecule has 3 aromatic rings. The molecule has 0 saturated carbocycles. The highest BCUT2D eigenvalue weighted by molar-refractivity contribution is 6.32. The second-order valence-corrected chi connectivity index (χ2v) is 9.27. The quantitative estimate of drug-likeness (QED) is 0.554. The fourth-order valence-corrected chi connectivity index (χ4v) is 4.12. The number of amides is 1. The van der Waals surface area contributed by atoms with Gasteiger partial charge in [0.1, 0.15) is 11.8 Å². The van der Waals surface area contributed by atoms with E-state index in [9.17, 15) is 9.90 Å². The minimum absolute atomic E-state index is 0.0439. The van der Waals surface area contributed by atoms with Crippen LogP contribution < -0.4 is 5.32 Å². The predicted molar refractivity (Wildman–Crippen MR) is 126 cm³/mol. The third-order valence-corrected chi connectivity index (χ3v) is 5.70. The first-order valence-corrected chi connectivity index (χ1v) is 10.7. The molecule has 0 saturated heterocycles. The summed E-state index contributed by atoms with van der Waals surface area (Å²) in [4.78, 5) is 18.1. The number of benzodiazepines with no additional fused rings is 1. The molecule has 1 unspecified atom stereocenters. The van der Waals surface area contributed by atoms with E-state index in [1.165, 1.54) is 5.56 Å². The van der Waals surface area contributed by atoms with Crippen molar-refractivity contribution in [3.8, 4) is 5.75 Å². The van der Waals surface area contributed by atoms with E-state index in [0.717, 1.165) is 16.7 Å². The van der Waals surface area contributed by atoms with Crippen LogP contribution in [0.25, 0.3) is 0 Å². The number of rotatable bonds is 3. The van der Waals surface area contributed by atoms with Crippen LogP contribution in [-0.2, 0) is 16.6 Å². The second-order valence-electron chi connectivity index (χ2n) is 8.83. The Kier molecular flexibility index (Phi) is 5.59. The van der Waals surface area contributed by atoms with Crippen LogP contribution in [0.3, 0.4) is 0 Å². The van der Waals surface area contributed by atoms with Gasteiger partial charge >= 0.3 is 0 Å². The molecule has 4 rings (SSSR count). The summed E-state index contributed by atoms with van der Waals surface area (Å²) < 4.78 is 0. The van der Waals surface area contributed by atoms with Gasteiger partial charge in [0.05, 0.1) is 11.4 Å². The maximum atomic E-state index is 13.2. The number of aromatic hydroxyl groups is 1. The van der Waals surface area contributed by atoms with Gasteiger partial charge in [0, 0.05) is 22.6 Å². The summed E-state index contributed by atoms with van der Waals surface area (Å²) in [7, 11) is 0. The van der Waals surface area contributed by atoms with Crippen molar-refractivity contribution in [3.05, 3.63) is 94.0 Å². The number of carbonyl (C=O) groups is 1. The maximum absolute atomic E-state index is 13.2. The molecule has 0 aromatic heterocycles. The molecular weight excluding hydrogens is 408 g/mol. The zero-order valence-corrected chi connectivity index (χ0v) is 18.6. The highest BCUT2D eigenvalue weighted by atomic mass is 35.5. The van der Waals surface area contributed by atoms with E-state index in [1.807, 2.05) is 18.2 Å². The third-order valence-electron chi connectivity index (χ3n) is 5.46. The van der Waals surface area contributed by atoms with Gasteiger partial charge in [-0.1, -0.05) is 56.6 Å². The number of hydrogen-bond donors (Lipinski definition) is 2. The first kappa shape index (κ1) is 21.1. The van der Waals surface area contributed by atoms with Crippen molar-refractivity contribution in [1.82, 2.24) is 0 Å². The van der Waals surface area contributed by atoms with Crippen molar-refractivity contribution < 1.29 is 9.90 Å². The molecular formula is C26H25ClN2O2. The SMILES string of the molecule is CC(C)(C)c1ccccc1CC1N=C(c2ccc(O)cc2)c2cc(Cl)ccc2NC1=O. The third kappa shape index (κ3) is 4.49. The molecule has 1 aliphatic rings. The summed E-state index contributed by atoms with van der Waals surface area (Å²) in [5.41, 5.74) is 5.19. The smallest absolute Gasteiger partial charge is 0.249 e. The number of carbonyl (C=O) groups excluding carboxylic acids is 1. The van der Waals surface area contributed by atoms with Gasteiger partial charge in [-0.15, -0.1) is 0 Å². The fraction of sp³-hybridized carbons (Fsp3) is 0.231. The number of nitrogens with one attached hydrogen (secondary N) is 1. The summed E-state index contributed by atoms with van der Waals surface area (Å²) >= 11 is 6.27. The number of nitrogens with zero attached hydrogens (tertiary/aromatic N) is 1. The minimum atomic E-state index is -0.599. The molecule has 0 spiro atoms. The van der Waals surface area contributed by atoms with E-state index < -0.39 is 6.04 Å². The first-order valence-electron chi connectivity index (χ1n) is 10.3. The van der Waals surface area contributed by atoms with Gasteiger partial charge in [-0.3, -0.25) is 9.79 Å². The van der Waals surface area contributed by atoms with Crippen LogP contribution in [0.15, 0.2) is 71.7 Å². The minimum Gasteiger partial charge on any atom is -0.508 e. The molecule has 31 heavy (non-hydrogen) atoms. The van der Waals surface area contributed by atoms with Crippen molar-refractivity contribution in [1.29, 1.82) is 0 Å². The largest absolute Gasteiger partial charge is 0.508 e. The van der Waals surface area contributed by atoms with Crippen molar-refractivity contribution in [2.45, 2.75) is 38.6 Å². The number of anilines is 1. The molecule has 0 fully saturated rings. The van der Waals surface area contributed by atoms with Gasteiger partial charge in [-0.2, -0.15) is 0 Å². The molecule has 1 amide bonds. The summed E-state index contributed by atoms with van der Waals surface area (Å²) in [6.07, 6.45) is 0.489. The van der Waals surface area contributed by atoms with Gasteiger partial charge in [0.25, 0.3) is 0 Å². The Morgan fingerprint density at radius 1 is 1.03 bits per heavy atom. The van der Waals surface area contributed by atoms with E-state index in [0.29, 0.717) is 22.8 Å². The Balaban J connectivity index is 1.83. The van der Waals surface area contributed by atoms with Crippen LogP contribution in [0.4, 0.5) is 5.69 Å². The Labute approximate surface area is 187 Å². The molecule has 1 heterocycles. The summed E-state index contributed by atoms with van der Waals surface area (Å²) in [6.45, 7) is 6.51. The molecule has 0 bridgehead atoms. The summed E-state index contributed by atoms with van der Waals surface area (Å²) in [5, 5.41) is 13.3. The Bertz CT molecular complexity index is 1160. The fourth-order valence-electron chi connectivity index (χ4n) is 3.95. The molecule has 5 heteroatoms. The molecule has 1 atom stereocenters. The Hall–Kier alpha value is -3.11. The number of fused-ring (bicyclic) bond motifs is 1. The normalized spacial score (nSPS) is 16.2. The topological polar surface area (TPSA) is 61.7 Å². The van der Waals surface area contributed by atoms with Gasteiger partial charge < -0.3 is 10.4 Å². The Morgan fingerprint density at radius 3 is 2.45 bits per heavy atom. The van der Waals surface area contributed by atoms with E-state index in [4.69, 9.17) is 16.6 Å². The van der Waals surface area contributed by atoms with Gasteiger partial charge in [-0.25, -0.2) is 0 Å². The first-order chi connectivity index (χ1) is 14.7. The van der Waals surface area contributed by atoms with E-state index in [-0.39, 0.29) is 17.1 Å². The zero-order chi connectivity index (χ0) is 22.2. The van der Waals surface area contributed by atoms with E-state index in [2.05, 4.69) is 38.2 Å². The highest BCUT2D eigenvalue weighted by Crippen LogP contribution is 2.31. The van der Waals surface area contributed by atoms with Crippen LogP contribution in [-0.4, -0.2) is 22.8 Å². The van der Waals surface area contributed by atoms with Crippen molar-refractivity contribution in [2.75, 3.05) is 5.32 Å². The average molecular weight is 433 g/mol.